The van der Waals surface area contributed by atoms with Crippen molar-refractivity contribution in [2.75, 3.05) is 125 Å². The Kier molecular flexibility index (Phi) is 24.2. The highest BCUT2D eigenvalue weighted by Crippen LogP contribution is 2.40. The van der Waals surface area contributed by atoms with Crippen molar-refractivity contribution in [2.45, 2.75) is 122 Å². The van der Waals surface area contributed by atoms with Gasteiger partial charge >= 0.3 is 0 Å². The molecule has 0 radical (unpaired) electrons. The minimum absolute atomic E-state index is 0.720. The summed E-state index contributed by atoms with van der Waals surface area (Å²) in [5.41, 5.74) is 19.3. The highest BCUT2D eigenvalue weighted by atomic mass is 16.5. The van der Waals surface area contributed by atoms with Crippen LogP contribution >= 0.6 is 0 Å². The topological polar surface area (TPSA) is 103 Å². The zero-order valence-electron chi connectivity index (χ0n) is 56.7. The Morgan fingerprint density at radius 3 is 0.900 bits per heavy atom. The molecule has 0 spiro atoms. The van der Waals surface area contributed by atoms with Gasteiger partial charge in [0.15, 0.2) is 0 Å². The van der Waals surface area contributed by atoms with E-state index in [4.69, 9.17) is 14.7 Å². The molecule has 2 aliphatic rings. The summed E-state index contributed by atoms with van der Waals surface area (Å²) >= 11 is 0. The number of ether oxygens (including phenoxy) is 1. The van der Waals surface area contributed by atoms with E-state index >= 15 is 0 Å². The number of aromatic amines is 2. The maximum atomic E-state index is 6.40. The van der Waals surface area contributed by atoms with Crippen LogP contribution in [0.2, 0.25) is 0 Å². The van der Waals surface area contributed by atoms with Crippen LogP contribution in [0.1, 0.15) is 145 Å². The molecule has 11 nitrogen and oxygen atoms in total. The van der Waals surface area contributed by atoms with Crippen molar-refractivity contribution in [3.8, 4) is 50.3 Å². The van der Waals surface area contributed by atoms with Crippen LogP contribution in [0.25, 0.3) is 90.9 Å². The highest BCUT2D eigenvalue weighted by molar-refractivity contribution is 6.00. The number of H-pyrrole nitrogens is 2. The average molecular weight is 1210 g/mol. The van der Waals surface area contributed by atoms with E-state index in [0.717, 1.165) is 178 Å². The number of fused-ring (bicyclic) bond motifs is 8. The molecule has 478 valence electrons. The first kappa shape index (κ1) is 67.0. The molecule has 90 heavy (non-hydrogen) atoms. The molecule has 0 fully saturated rings. The number of benzene rings is 4. The number of nitrogens with zero attached hydrogens (tertiary/aromatic N) is 5. The Hall–Kier alpha value is -7.44. The van der Waals surface area contributed by atoms with Crippen LogP contribution in [-0.2, 0) is 0 Å². The van der Waals surface area contributed by atoms with E-state index in [1.165, 1.54) is 110 Å². The molecular formula is C79H109N10O+3. The molecule has 5 N–H and O–H groups in total. The third-order valence-electron chi connectivity index (χ3n) is 17.4. The normalized spacial score (nSPS) is 12.5. The fourth-order valence-electron chi connectivity index (χ4n) is 12.4. The van der Waals surface area contributed by atoms with Gasteiger partial charge in [-0.25, -0.2) is 9.97 Å². The van der Waals surface area contributed by atoms with E-state index in [9.17, 15) is 0 Å². The first-order chi connectivity index (χ1) is 43.5. The summed E-state index contributed by atoms with van der Waals surface area (Å²) in [7, 11) is 20.5. The Morgan fingerprint density at radius 1 is 0.322 bits per heavy atom. The van der Waals surface area contributed by atoms with Crippen LogP contribution in [0.15, 0.2) is 121 Å². The molecule has 2 aliphatic heterocycles. The first-order valence-electron chi connectivity index (χ1n) is 34.3. The van der Waals surface area contributed by atoms with E-state index in [0.29, 0.717) is 0 Å². The summed E-state index contributed by atoms with van der Waals surface area (Å²) in [6, 6.07) is 44.4. The standard InChI is InChI=1S/C79H109N10O/c1-11-12-13-14-15-16-17-18-28-59-90-67-43-35-63(36-44-67)79-74-51-49-72(85-74)77(61-31-39-65(40-32-61)81-54-23-20-26-57-88(5,6)7)70-47-45-68(83-70)76(60-29-37-64(38-30-60)80-53-22-19-25-56-87(2,3)4)69-46-48-71(84-69)78(73-50-52-75(79)86-73)62-33-41-66(42-34-62)82-55-24-21-27-58-89(8,9)10/h29-52,80-83,86H,11-28,53-59H2,1-10H3/q+3. The van der Waals surface area contributed by atoms with Crippen LogP contribution in [-0.4, -0.2) is 143 Å². The van der Waals surface area contributed by atoms with Gasteiger partial charge in [-0.2, -0.15) is 0 Å². The summed E-state index contributed by atoms with van der Waals surface area (Å²) in [5, 5.41) is 11.2. The smallest absolute Gasteiger partial charge is 0.119 e. The second kappa shape index (κ2) is 32.5. The zero-order valence-corrected chi connectivity index (χ0v) is 56.7. The summed E-state index contributed by atoms with van der Waals surface area (Å²) in [6.45, 7) is 9.40. The van der Waals surface area contributed by atoms with E-state index in [2.05, 4.69) is 242 Å². The number of anilines is 3. The van der Waals surface area contributed by atoms with Gasteiger partial charge in [-0.1, -0.05) is 107 Å². The first-order valence-corrected chi connectivity index (χ1v) is 34.3. The van der Waals surface area contributed by atoms with Gasteiger partial charge in [0, 0.05) is 81.0 Å². The molecule has 7 aromatic rings. The van der Waals surface area contributed by atoms with Crippen molar-refractivity contribution in [1.29, 1.82) is 0 Å². The number of hydrogen-bond donors (Lipinski definition) is 5. The monoisotopic (exact) mass is 1210 g/mol. The third kappa shape index (κ3) is 20.3. The van der Waals surface area contributed by atoms with Crippen molar-refractivity contribution < 1.29 is 18.2 Å². The molecule has 0 amide bonds. The van der Waals surface area contributed by atoms with Crippen LogP contribution in [0.4, 0.5) is 17.1 Å². The lowest BCUT2D eigenvalue weighted by Crippen LogP contribution is -2.35. The maximum absolute atomic E-state index is 6.40. The minimum Gasteiger partial charge on any atom is -0.494 e. The van der Waals surface area contributed by atoms with Gasteiger partial charge in [0.25, 0.3) is 0 Å². The molecular weight excluding hydrogens is 1100 g/mol. The molecule has 0 saturated heterocycles. The van der Waals surface area contributed by atoms with Crippen molar-refractivity contribution in [3.63, 3.8) is 0 Å². The molecule has 0 aliphatic carbocycles. The fraction of sp³-hybridized carbons (Fsp3) is 0.443. The number of aromatic nitrogens is 4. The van der Waals surface area contributed by atoms with E-state index < -0.39 is 0 Å². The van der Waals surface area contributed by atoms with Crippen molar-refractivity contribution in [2.24, 2.45) is 0 Å². The predicted octanol–water partition coefficient (Wildman–Crippen LogP) is 19.1. The van der Waals surface area contributed by atoms with Gasteiger partial charge in [-0.15, -0.1) is 0 Å². The van der Waals surface area contributed by atoms with E-state index in [-0.39, 0.29) is 0 Å². The van der Waals surface area contributed by atoms with Crippen molar-refractivity contribution >= 4 is 63.4 Å². The second-order valence-corrected chi connectivity index (χ2v) is 28.4. The van der Waals surface area contributed by atoms with Gasteiger partial charge in [0.05, 0.1) is 112 Å². The highest BCUT2D eigenvalue weighted by Gasteiger charge is 2.20. The van der Waals surface area contributed by atoms with E-state index in [1.54, 1.807) is 0 Å². The summed E-state index contributed by atoms with van der Waals surface area (Å²) in [5.74, 6) is 0.888. The summed E-state index contributed by atoms with van der Waals surface area (Å²) in [4.78, 5) is 19.3. The molecule has 9 rings (SSSR count). The lowest BCUT2D eigenvalue weighted by molar-refractivity contribution is -0.870. The van der Waals surface area contributed by atoms with Crippen molar-refractivity contribution in [3.05, 3.63) is 144 Å². The molecule has 11 heteroatoms. The Balaban J connectivity index is 1.13. The zero-order chi connectivity index (χ0) is 63.4. The van der Waals surface area contributed by atoms with E-state index in [1.807, 2.05) is 0 Å². The van der Waals surface area contributed by atoms with Crippen molar-refractivity contribution in [1.82, 2.24) is 19.9 Å². The summed E-state index contributed by atoms with van der Waals surface area (Å²) < 4.78 is 9.41. The molecule has 0 atom stereocenters. The number of quaternary nitrogens is 3. The van der Waals surface area contributed by atoms with Gasteiger partial charge in [0.2, 0.25) is 0 Å². The lowest BCUT2D eigenvalue weighted by Gasteiger charge is -2.23. The van der Waals surface area contributed by atoms with Crippen LogP contribution in [0, 0.1) is 0 Å². The SMILES string of the molecule is CCCCCCCCCCCOc1ccc(-c2c3nc(c(-c4ccc(NCCCCC[N+](C)(C)C)cc4)c4ccc([nH]4)c(-c4ccc(NCCCCC[N+](C)(C)C)cc4)c4nc(c(-c5ccc(NCCCCC[N+](C)(C)C)cc5)c5ccc2[nH]5)C=C4)C=C3)cc1. The largest absolute Gasteiger partial charge is 0.494 e. The Morgan fingerprint density at radius 2 is 0.600 bits per heavy atom. The fourth-order valence-corrected chi connectivity index (χ4v) is 12.4. The van der Waals surface area contributed by atoms with Gasteiger partial charge in [-0.3, -0.25) is 0 Å². The Bertz CT molecular complexity index is 3520. The van der Waals surface area contributed by atoms with Crippen LogP contribution < -0.4 is 20.7 Å². The second-order valence-electron chi connectivity index (χ2n) is 28.4. The van der Waals surface area contributed by atoms with Gasteiger partial charge in [0.1, 0.15) is 5.75 Å². The lowest BCUT2D eigenvalue weighted by atomic mass is 10.0. The maximum Gasteiger partial charge on any atom is 0.119 e. The molecule has 5 heterocycles. The quantitative estimate of drug-likeness (QED) is 0.0198. The average Bonchev–Trinajstić information content (AvgIpc) is 1.66. The molecule has 0 saturated carbocycles. The van der Waals surface area contributed by atoms with Crippen LogP contribution in [0.3, 0.4) is 0 Å². The number of unbranched alkanes of at least 4 members (excludes halogenated alkanes) is 14. The molecule has 4 aromatic carbocycles. The number of rotatable bonds is 36. The van der Waals surface area contributed by atoms with Gasteiger partial charge < -0.3 is 44.1 Å². The number of hydrogen-bond acceptors (Lipinski definition) is 6. The van der Waals surface area contributed by atoms with Gasteiger partial charge in [-0.05, 0) is 184 Å². The Labute approximate surface area is 540 Å². The summed E-state index contributed by atoms with van der Waals surface area (Å²) in [6.07, 6.45) is 31.1. The molecule has 0 unspecified atom stereocenters. The molecule has 8 bridgehead atoms. The number of nitrogens with one attached hydrogen (secondary N) is 5. The predicted molar refractivity (Wildman–Crippen MR) is 389 cm³/mol. The minimum atomic E-state index is 0.720. The molecule has 3 aromatic heterocycles. The third-order valence-corrected chi connectivity index (χ3v) is 17.4. The van der Waals surface area contributed by atoms with Crippen LogP contribution in [0.5, 0.6) is 5.75 Å².